The zero-order valence-electron chi connectivity index (χ0n) is 22.0. The van der Waals surface area contributed by atoms with Gasteiger partial charge in [0, 0.05) is 31.6 Å². The normalized spacial score (nSPS) is 12.0. The number of hydrogen-bond acceptors (Lipinski definition) is 5. The van der Waals surface area contributed by atoms with Gasteiger partial charge in [0.1, 0.15) is 11.8 Å². The molecular weight excluding hydrogens is 502 g/mol. The van der Waals surface area contributed by atoms with E-state index in [0.29, 0.717) is 25.3 Å². The molecule has 0 saturated carbocycles. The van der Waals surface area contributed by atoms with E-state index in [9.17, 15) is 18.0 Å². The third kappa shape index (κ3) is 7.90. The average molecular weight is 538 g/mol. The van der Waals surface area contributed by atoms with Crippen LogP contribution in [0.15, 0.2) is 83.8 Å². The summed E-state index contributed by atoms with van der Waals surface area (Å²) in [7, 11) is -1.95. The lowest BCUT2D eigenvalue weighted by Gasteiger charge is -2.29. The molecule has 0 aliphatic rings. The summed E-state index contributed by atoms with van der Waals surface area (Å²) in [4.78, 5) is 28.2. The first-order chi connectivity index (χ1) is 18.2. The minimum absolute atomic E-state index is 0.168. The largest absolute Gasteiger partial charge is 0.496 e. The molecule has 0 fully saturated rings. The van der Waals surface area contributed by atoms with Gasteiger partial charge in [-0.3, -0.25) is 9.59 Å². The number of aryl methyl sites for hydroxylation is 1. The maximum atomic E-state index is 13.4. The van der Waals surface area contributed by atoms with Crippen molar-refractivity contribution in [3.05, 3.63) is 95.6 Å². The molecule has 0 spiro atoms. The van der Waals surface area contributed by atoms with E-state index in [4.69, 9.17) is 4.74 Å². The molecule has 2 amide bonds. The lowest BCUT2D eigenvalue weighted by molar-refractivity contribution is -0.140. The first-order valence-electron chi connectivity index (χ1n) is 12.6. The van der Waals surface area contributed by atoms with E-state index in [1.807, 2.05) is 54.6 Å². The highest BCUT2D eigenvalue weighted by molar-refractivity contribution is 7.89. The van der Waals surface area contributed by atoms with Crippen molar-refractivity contribution in [3.8, 4) is 5.75 Å². The molecule has 0 saturated heterocycles. The first kappa shape index (κ1) is 28.9. The molecule has 3 aromatic rings. The van der Waals surface area contributed by atoms with E-state index in [1.165, 1.54) is 12.1 Å². The fourth-order valence-corrected chi connectivity index (χ4v) is 5.09. The molecule has 0 aliphatic carbocycles. The summed E-state index contributed by atoms with van der Waals surface area (Å²) in [5, 5.41) is 2.92. The van der Waals surface area contributed by atoms with Crippen molar-refractivity contribution in [1.82, 2.24) is 14.9 Å². The van der Waals surface area contributed by atoms with Crippen LogP contribution < -0.4 is 14.8 Å². The molecule has 0 radical (unpaired) electrons. The summed E-state index contributed by atoms with van der Waals surface area (Å²) in [6.45, 7) is 4.32. The van der Waals surface area contributed by atoms with Gasteiger partial charge in [-0.25, -0.2) is 13.1 Å². The Labute approximate surface area is 225 Å². The number of methoxy groups -OCH3 is 1. The summed E-state index contributed by atoms with van der Waals surface area (Å²) < 4.78 is 32.2. The molecule has 0 aliphatic heterocycles. The van der Waals surface area contributed by atoms with Gasteiger partial charge >= 0.3 is 0 Å². The molecule has 0 aromatic heterocycles. The molecule has 1 atom stereocenters. The Morgan fingerprint density at radius 1 is 0.921 bits per heavy atom. The van der Waals surface area contributed by atoms with E-state index >= 15 is 0 Å². The van der Waals surface area contributed by atoms with Crippen LogP contribution >= 0.6 is 0 Å². The summed E-state index contributed by atoms with van der Waals surface area (Å²) in [5.41, 5.74) is 2.60. The lowest BCUT2D eigenvalue weighted by atomic mass is 10.1. The molecular formula is C29H35N3O5S. The number of benzene rings is 3. The Morgan fingerprint density at radius 3 is 2.24 bits per heavy atom. The summed E-state index contributed by atoms with van der Waals surface area (Å²) in [6, 6.07) is 22.8. The number of carbonyl (C=O) groups excluding carboxylic acids is 2. The second kappa shape index (κ2) is 13.7. The second-order valence-corrected chi connectivity index (χ2v) is 10.6. The minimum Gasteiger partial charge on any atom is -0.496 e. The van der Waals surface area contributed by atoms with Gasteiger partial charge in [0.05, 0.1) is 12.0 Å². The van der Waals surface area contributed by atoms with Crippen molar-refractivity contribution in [2.45, 2.75) is 50.7 Å². The third-order valence-corrected chi connectivity index (χ3v) is 7.77. The molecule has 2 N–H and O–H groups in total. The first-order valence-corrected chi connectivity index (χ1v) is 14.0. The number of ether oxygens (including phenoxy) is 1. The lowest BCUT2D eigenvalue weighted by Crippen LogP contribution is -2.47. The molecule has 0 unspecified atom stereocenters. The Morgan fingerprint density at radius 2 is 1.58 bits per heavy atom. The Balaban J connectivity index is 1.69. The quantitative estimate of drug-likeness (QED) is 0.346. The number of para-hydroxylation sites is 1. The zero-order valence-corrected chi connectivity index (χ0v) is 22.8. The van der Waals surface area contributed by atoms with E-state index in [1.54, 1.807) is 38.0 Å². The Bertz CT molecular complexity index is 1310. The minimum atomic E-state index is -3.53. The van der Waals surface area contributed by atoms with Gasteiger partial charge in [0.25, 0.3) is 0 Å². The number of amides is 2. The van der Waals surface area contributed by atoms with Gasteiger partial charge in [-0.15, -0.1) is 0 Å². The average Bonchev–Trinajstić information content (AvgIpc) is 2.93. The monoisotopic (exact) mass is 537 g/mol. The Hall–Kier alpha value is -3.69. The van der Waals surface area contributed by atoms with E-state index in [-0.39, 0.29) is 29.7 Å². The van der Waals surface area contributed by atoms with Gasteiger partial charge in [0.15, 0.2) is 0 Å². The van der Waals surface area contributed by atoms with Crippen molar-refractivity contribution in [2.24, 2.45) is 0 Å². The molecule has 0 heterocycles. The van der Waals surface area contributed by atoms with Crippen molar-refractivity contribution in [3.63, 3.8) is 0 Å². The van der Waals surface area contributed by atoms with Gasteiger partial charge in [-0.2, -0.15) is 0 Å². The summed E-state index contributed by atoms with van der Waals surface area (Å²) in [6.07, 6.45) is 0.595. The fourth-order valence-electron chi connectivity index (χ4n) is 4.05. The van der Waals surface area contributed by atoms with Crippen LogP contribution in [0.2, 0.25) is 0 Å². The fraction of sp³-hybridized carbons (Fsp3) is 0.310. The maximum Gasteiger partial charge on any atom is 0.242 e. The van der Waals surface area contributed by atoms with Crippen LogP contribution in [-0.2, 0) is 39.1 Å². The number of carbonyl (C=O) groups is 2. The SMILES string of the molecule is CCNS(=O)(=O)c1ccc(CCC(=O)N(Cc2ccccc2)[C@H](C)C(=O)NCc2ccccc2OC)cc1. The van der Waals surface area contributed by atoms with Gasteiger partial charge < -0.3 is 15.0 Å². The highest BCUT2D eigenvalue weighted by Gasteiger charge is 2.26. The zero-order chi connectivity index (χ0) is 27.5. The maximum absolute atomic E-state index is 13.4. The van der Waals surface area contributed by atoms with E-state index < -0.39 is 16.1 Å². The van der Waals surface area contributed by atoms with Crippen LogP contribution in [0.4, 0.5) is 0 Å². The number of sulfonamides is 1. The molecule has 38 heavy (non-hydrogen) atoms. The standard InChI is InChI=1S/C29H35N3O5S/c1-4-31-38(35,36)26-17-14-23(15-18-26)16-19-28(33)32(21-24-10-6-5-7-11-24)22(2)29(34)30-20-25-12-8-9-13-27(25)37-3/h5-15,17-18,22,31H,4,16,19-21H2,1-3H3,(H,30,34)/t22-/m1/s1. The number of nitrogens with zero attached hydrogens (tertiary/aromatic N) is 1. The van der Waals surface area contributed by atoms with Crippen LogP contribution in [0, 0.1) is 0 Å². The topological polar surface area (TPSA) is 105 Å². The third-order valence-electron chi connectivity index (χ3n) is 6.20. The molecule has 9 heteroatoms. The van der Waals surface area contributed by atoms with Crippen molar-refractivity contribution < 1.29 is 22.7 Å². The van der Waals surface area contributed by atoms with Crippen molar-refractivity contribution >= 4 is 21.8 Å². The van der Waals surface area contributed by atoms with Gasteiger partial charge in [-0.1, -0.05) is 67.6 Å². The van der Waals surface area contributed by atoms with Gasteiger partial charge in [-0.05, 0) is 42.7 Å². The van der Waals surface area contributed by atoms with E-state index in [2.05, 4.69) is 10.0 Å². The highest BCUT2D eigenvalue weighted by Crippen LogP contribution is 2.18. The number of nitrogens with one attached hydrogen (secondary N) is 2. The van der Waals surface area contributed by atoms with Crippen LogP contribution in [-0.4, -0.2) is 44.8 Å². The number of hydrogen-bond donors (Lipinski definition) is 2. The molecule has 202 valence electrons. The molecule has 8 nitrogen and oxygen atoms in total. The van der Waals surface area contributed by atoms with Crippen LogP contribution in [0.1, 0.15) is 37.0 Å². The van der Waals surface area contributed by atoms with Crippen LogP contribution in [0.3, 0.4) is 0 Å². The predicted molar refractivity (Wildman–Crippen MR) is 147 cm³/mol. The molecule has 0 bridgehead atoms. The van der Waals surface area contributed by atoms with Crippen LogP contribution in [0.25, 0.3) is 0 Å². The van der Waals surface area contributed by atoms with E-state index in [0.717, 1.165) is 16.7 Å². The Kier molecular flexibility index (Phi) is 10.4. The summed E-state index contributed by atoms with van der Waals surface area (Å²) in [5.74, 6) is 0.248. The molecule has 3 rings (SSSR count). The highest BCUT2D eigenvalue weighted by atomic mass is 32.2. The van der Waals surface area contributed by atoms with Crippen LogP contribution in [0.5, 0.6) is 5.75 Å². The van der Waals surface area contributed by atoms with Crippen molar-refractivity contribution in [2.75, 3.05) is 13.7 Å². The van der Waals surface area contributed by atoms with Crippen molar-refractivity contribution in [1.29, 1.82) is 0 Å². The van der Waals surface area contributed by atoms with Gasteiger partial charge in [0.2, 0.25) is 21.8 Å². The number of rotatable bonds is 13. The molecule has 3 aromatic carbocycles. The predicted octanol–water partition coefficient (Wildman–Crippen LogP) is 3.66. The summed E-state index contributed by atoms with van der Waals surface area (Å²) >= 11 is 0. The second-order valence-electron chi connectivity index (χ2n) is 8.86. The smallest absolute Gasteiger partial charge is 0.242 e.